The molecule has 9 heteroatoms. The monoisotopic (exact) mass is 316 g/mol. The van der Waals surface area contributed by atoms with Crippen LogP contribution in [0.4, 0.5) is 5.69 Å². The predicted molar refractivity (Wildman–Crippen MR) is 74.8 cm³/mol. The molecule has 21 heavy (non-hydrogen) atoms. The Hall–Kier alpha value is -2.13. The van der Waals surface area contributed by atoms with Gasteiger partial charge in [0, 0.05) is 12.2 Å². The summed E-state index contributed by atoms with van der Waals surface area (Å²) in [5, 5.41) is 17.5. The van der Waals surface area contributed by atoms with Gasteiger partial charge in [0.05, 0.1) is 4.90 Å². The van der Waals surface area contributed by atoms with Crippen molar-refractivity contribution in [3.63, 3.8) is 0 Å². The number of hydrogen-bond donors (Lipinski definition) is 3. The highest BCUT2D eigenvalue weighted by Gasteiger charge is 2.16. The fourth-order valence-electron chi connectivity index (χ4n) is 1.67. The topological polar surface area (TPSA) is 124 Å². The summed E-state index contributed by atoms with van der Waals surface area (Å²) in [4.78, 5) is 22.6. The molecule has 1 rings (SSSR count). The summed E-state index contributed by atoms with van der Waals surface area (Å²) in [7, 11) is -3.60. The third-order valence-corrected chi connectivity index (χ3v) is 4.06. The molecular formula is C12H16N2O6S. The van der Waals surface area contributed by atoms with Crippen molar-refractivity contribution in [3.8, 4) is 0 Å². The number of aliphatic carboxylic acids is 2. The molecule has 0 heterocycles. The first-order chi connectivity index (χ1) is 9.76. The second-order valence-electron chi connectivity index (χ2n) is 4.14. The van der Waals surface area contributed by atoms with Gasteiger partial charge in [-0.1, -0.05) is 6.92 Å². The molecule has 3 N–H and O–H groups in total. The maximum absolute atomic E-state index is 11.8. The van der Waals surface area contributed by atoms with Gasteiger partial charge in [-0.05, 0) is 24.3 Å². The van der Waals surface area contributed by atoms with Crippen molar-refractivity contribution in [2.75, 3.05) is 24.5 Å². The Morgan fingerprint density at radius 2 is 1.57 bits per heavy atom. The van der Waals surface area contributed by atoms with E-state index in [1.807, 2.05) is 0 Å². The average Bonchev–Trinajstić information content (AvgIpc) is 2.37. The van der Waals surface area contributed by atoms with Gasteiger partial charge in [-0.25, -0.2) is 13.1 Å². The first kappa shape index (κ1) is 16.9. The van der Waals surface area contributed by atoms with Crippen LogP contribution in [-0.2, 0) is 19.6 Å². The fourth-order valence-corrected chi connectivity index (χ4v) is 2.72. The highest BCUT2D eigenvalue weighted by atomic mass is 32.2. The van der Waals surface area contributed by atoms with Crippen LogP contribution in [0.5, 0.6) is 0 Å². The molecule has 0 atom stereocenters. The van der Waals surface area contributed by atoms with Gasteiger partial charge in [-0.3, -0.25) is 9.59 Å². The molecule has 0 bridgehead atoms. The first-order valence-electron chi connectivity index (χ1n) is 6.04. The van der Waals surface area contributed by atoms with Gasteiger partial charge in [0.15, 0.2) is 0 Å². The molecule has 0 saturated carbocycles. The third kappa shape index (κ3) is 5.04. The summed E-state index contributed by atoms with van der Waals surface area (Å²) in [6.07, 6.45) is 0. The fraction of sp³-hybridized carbons (Fsp3) is 0.333. The van der Waals surface area contributed by atoms with E-state index in [4.69, 9.17) is 10.2 Å². The van der Waals surface area contributed by atoms with Gasteiger partial charge in [0.1, 0.15) is 13.1 Å². The van der Waals surface area contributed by atoms with E-state index in [9.17, 15) is 18.0 Å². The van der Waals surface area contributed by atoms with Gasteiger partial charge >= 0.3 is 11.9 Å². The molecule has 8 nitrogen and oxygen atoms in total. The van der Waals surface area contributed by atoms with Crippen molar-refractivity contribution in [2.45, 2.75) is 11.8 Å². The maximum Gasteiger partial charge on any atom is 0.323 e. The Kier molecular flexibility index (Phi) is 5.68. The number of rotatable bonds is 8. The maximum atomic E-state index is 11.8. The lowest BCUT2D eigenvalue weighted by Crippen LogP contribution is -2.34. The molecule has 0 aromatic heterocycles. The molecule has 116 valence electrons. The van der Waals surface area contributed by atoms with E-state index in [2.05, 4.69) is 4.72 Å². The quantitative estimate of drug-likeness (QED) is 0.614. The summed E-state index contributed by atoms with van der Waals surface area (Å²) in [6, 6.07) is 5.33. The number of nitrogens with zero attached hydrogens (tertiary/aromatic N) is 1. The summed E-state index contributed by atoms with van der Waals surface area (Å²) in [6.45, 7) is 0.902. The zero-order chi connectivity index (χ0) is 16.0. The van der Waals surface area contributed by atoms with Crippen molar-refractivity contribution in [1.29, 1.82) is 0 Å². The number of nitrogens with one attached hydrogen (secondary N) is 1. The summed E-state index contributed by atoms with van der Waals surface area (Å²) >= 11 is 0. The Balaban J connectivity index is 3.02. The van der Waals surface area contributed by atoms with Crippen molar-refractivity contribution in [3.05, 3.63) is 24.3 Å². The number of carboxylic acids is 2. The van der Waals surface area contributed by atoms with Crippen LogP contribution in [0.3, 0.4) is 0 Å². The van der Waals surface area contributed by atoms with Crippen molar-refractivity contribution >= 4 is 27.6 Å². The van der Waals surface area contributed by atoms with Gasteiger partial charge in [-0.2, -0.15) is 0 Å². The van der Waals surface area contributed by atoms with Crippen molar-refractivity contribution in [2.24, 2.45) is 0 Å². The molecule has 0 radical (unpaired) electrons. The number of sulfonamides is 1. The average molecular weight is 316 g/mol. The SMILES string of the molecule is CCNS(=O)(=O)c1ccc(N(CC(=O)O)CC(=O)O)cc1. The Morgan fingerprint density at radius 3 is 1.95 bits per heavy atom. The number of benzene rings is 1. The normalized spacial score (nSPS) is 11.1. The summed E-state index contributed by atoms with van der Waals surface area (Å²) in [5.41, 5.74) is 0.315. The van der Waals surface area contributed by atoms with Crippen LogP contribution < -0.4 is 9.62 Å². The van der Waals surface area contributed by atoms with Crippen LogP contribution in [0.15, 0.2) is 29.2 Å². The zero-order valence-corrected chi connectivity index (χ0v) is 12.1. The van der Waals surface area contributed by atoms with Gasteiger partial charge in [0.25, 0.3) is 0 Å². The Bertz CT molecular complexity index is 595. The van der Waals surface area contributed by atoms with E-state index in [1.165, 1.54) is 24.3 Å². The molecule has 0 unspecified atom stereocenters. The van der Waals surface area contributed by atoms with Crippen LogP contribution in [0, 0.1) is 0 Å². The lowest BCUT2D eigenvalue weighted by Gasteiger charge is -2.20. The summed E-state index contributed by atoms with van der Waals surface area (Å²) < 4.78 is 25.8. The van der Waals surface area contributed by atoms with Crippen LogP contribution in [0.25, 0.3) is 0 Å². The molecular weight excluding hydrogens is 300 g/mol. The van der Waals surface area contributed by atoms with E-state index in [0.29, 0.717) is 5.69 Å². The van der Waals surface area contributed by atoms with E-state index >= 15 is 0 Å². The van der Waals surface area contributed by atoms with E-state index in [0.717, 1.165) is 4.90 Å². The lowest BCUT2D eigenvalue weighted by molar-refractivity contribution is -0.136. The number of hydrogen-bond acceptors (Lipinski definition) is 5. The minimum Gasteiger partial charge on any atom is -0.480 e. The van der Waals surface area contributed by atoms with Gasteiger partial charge < -0.3 is 15.1 Å². The van der Waals surface area contributed by atoms with E-state index in [-0.39, 0.29) is 11.4 Å². The minimum atomic E-state index is -3.60. The van der Waals surface area contributed by atoms with Crippen molar-refractivity contribution in [1.82, 2.24) is 4.72 Å². The number of anilines is 1. The second kappa shape index (κ2) is 7.04. The van der Waals surface area contributed by atoms with Gasteiger partial charge in [-0.15, -0.1) is 0 Å². The zero-order valence-electron chi connectivity index (χ0n) is 11.3. The third-order valence-electron chi connectivity index (χ3n) is 2.50. The highest BCUT2D eigenvalue weighted by Crippen LogP contribution is 2.17. The standard InChI is InChI=1S/C12H16N2O6S/c1-2-13-21(19,20)10-5-3-9(4-6-10)14(7-11(15)16)8-12(17)18/h3-6,13H,2,7-8H2,1H3,(H,15,16)(H,17,18). The van der Waals surface area contributed by atoms with Crippen LogP contribution in [-0.4, -0.2) is 50.2 Å². The molecule has 0 amide bonds. The Morgan fingerprint density at radius 1 is 1.10 bits per heavy atom. The van der Waals surface area contributed by atoms with Crippen LogP contribution in [0.1, 0.15) is 6.92 Å². The minimum absolute atomic E-state index is 0.0266. The molecule has 0 saturated heterocycles. The predicted octanol–water partition coefficient (Wildman–Crippen LogP) is -0.0396. The molecule has 0 aliphatic rings. The highest BCUT2D eigenvalue weighted by molar-refractivity contribution is 7.89. The molecule has 0 aliphatic carbocycles. The van der Waals surface area contributed by atoms with Gasteiger partial charge in [0.2, 0.25) is 10.0 Å². The Labute approximate surface area is 122 Å². The molecule has 0 aliphatic heterocycles. The largest absolute Gasteiger partial charge is 0.480 e. The molecule has 1 aromatic carbocycles. The first-order valence-corrected chi connectivity index (χ1v) is 7.53. The van der Waals surface area contributed by atoms with Crippen LogP contribution >= 0.6 is 0 Å². The number of carboxylic acid groups (broad SMARTS) is 2. The molecule has 0 fully saturated rings. The van der Waals surface area contributed by atoms with Crippen molar-refractivity contribution < 1.29 is 28.2 Å². The van der Waals surface area contributed by atoms with E-state index < -0.39 is 35.1 Å². The molecule has 1 aromatic rings. The lowest BCUT2D eigenvalue weighted by atomic mass is 10.3. The second-order valence-corrected chi connectivity index (χ2v) is 5.91. The molecule has 0 spiro atoms. The smallest absolute Gasteiger partial charge is 0.323 e. The number of carbonyl (C=O) groups is 2. The van der Waals surface area contributed by atoms with Crippen LogP contribution in [0.2, 0.25) is 0 Å². The summed E-state index contributed by atoms with van der Waals surface area (Å²) in [5.74, 6) is -2.36. The van der Waals surface area contributed by atoms with E-state index in [1.54, 1.807) is 6.92 Å².